The number of methoxy groups -OCH3 is 1. The van der Waals surface area contributed by atoms with Crippen LogP contribution in [0.2, 0.25) is 0 Å². The lowest BCUT2D eigenvalue weighted by molar-refractivity contribution is 0.244. The van der Waals surface area contributed by atoms with Gasteiger partial charge in [-0.2, -0.15) is 4.98 Å². The fourth-order valence-corrected chi connectivity index (χ4v) is 4.25. The van der Waals surface area contributed by atoms with Gasteiger partial charge >= 0.3 is 6.03 Å². The van der Waals surface area contributed by atoms with Gasteiger partial charge in [0, 0.05) is 11.3 Å². The Morgan fingerprint density at radius 3 is 2.47 bits per heavy atom. The molecular formula is C27H22F2N4O3. The van der Waals surface area contributed by atoms with Crippen LogP contribution in [0.4, 0.5) is 19.3 Å². The lowest BCUT2D eigenvalue weighted by Gasteiger charge is -2.35. The summed E-state index contributed by atoms with van der Waals surface area (Å²) >= 11 is 0. The normalized spacial score (nSPS) is 15.8. The van der Waals surface area contributed by atoms with Crippen molar-refractivity contribution >= 4 is 17.3 Å². The molecule has 182 valence electrons. The maximum Gasteiger partial charge on any atom is 0.326 e. The first-order valence-electron chi connectivity index (χ1n) is 11.2. The number of hydrogen-bond acceptors (Lipinski definition) is 5. The maximum absolute atomic E-state index is 14.3. The van der Waals surface area contributed by atoms with Crippen molar-refractivity contribution in [2.75, 3.05) is 12.0 Å². The molecule has 9 heteroatoms. The molecular weight excluding hydrogens is 466 g/mol. The first kappa shape index (κ1) is 23.2. The van der Waals surface area contributed by atoms with Crippen LogP contribution < -0.4 is 15.0 Å². The lowest BCUT2D eigenvalue weighted by Crippen LogP contribution is -2.46. The van der Waals surface area contributed by atoms with Gasteiger partial charge in [0.1, 0.15) is 5.82 Å². The summed E-state index contributed by atoms with van der Waals surface area (Å²) in [6.07, 6.45) is 0. The molecule has 4 aromatic rings. The molecule has 1 N–H and O–H groups in total. The average molecular weight is 488 g/mol. The van der Waals surface area contributed by atoms with Crippen molar-refractivity contribution in [3.63, 3.8) is 0 Å². The quantitative estimate of drug-likeness (QED) is 0.371. The number of aromatic nitrogens is 2. The van der Waals surface area contributed by atoms with Gasteiger partial charge in [-0.1, -0.05) is 35.5 Å². The Morgan fingerprint density at radius 1 is 1.00 bits per heavy atom. The highest BCUT2D eigenvalue weighted by molar-refractivity contribution is 6.01. The summed E-state index contributed by atoms with van der Waals surface area (Å²) in [7, 11) is 1.38. The number of carbonyl (C=O) groups excluding carboxylic acids is 1. The maximum atomic E-state index is 14.3. The number of ether oxygens (including phenoxy) is 1. The highest BCUT2D eigenvalue weighted by atomic mass is 19.1. The second-order valence-electron chi connectivity index (χ2n) is 8.33. The number of rotatable bonds is 5. The number of aryl methyl sites for hydroxylation is 1. The lowest BCUT2D eigenvalue weighted by atomic mass is 9.94. The van der Waals surface area contributed by atoms with Gasteiger partial charge in [-0.25, -0.2) is 13.6 Å². The van der Waals surface area contributed by atoms with E-state index in [4.69, 9.17) is 9.26 Å². The predicted octanol–water partition coefficient (Wildman–Crippen LogP) is 6.03. The smallest absolute Gasteiger partial charge is 0.326 e. The van der Waals surface area contributed by atoms with E-state index >= 15 is 0 Å². The molecule has 0 bridgehead atoms. The van der Waals surface area contributed by atoms with Gasteiger partial charge in [-0.3, -0.25) is 4.90 Å². The molecule has 0 aliphatic carbocycles. The van der Waals surface area contributed by atoms with Gasteiger partial charge in [0.25, 0.3) is 5.89 Å². The van der Waals surface area contributed by atoms with E-state index in [-0.39, 0.29) is 29.3 Å². The molecule has 1 aliphatic heterocycles. The summed E-state index contributed by atoms with van der Waals surface area (Å²) in [6.45, 7) is 3.39. The number of benzene rings is 3. The van der Waals surface area contributed by atoms with Gasteiger partial charge in [0.05, 0.1) is 24.4 Å². The zero-order valence-electron chi connectivity index (χ0n) is 19.8. The number of urea groups is 1. The van der Waals surface area contributed by atoms with Crippen LogP contribution in [0.1, 0.15) is 30.0 Å². The van der Waals surface area contributed by atoms with Crippen LogP contribution in [0.3, 0.4) is 0 Å². The van der Waals surface area contributed by atoms with Crippen LogP contribution in [0.25, 0.3) is 17.0 Å². The van der Waals surface area contributed by atoms with E-state index in [1.165, 1.54) is 36.3 Å². The summed E-state index contributed by atoms with van der Waals surface area (Å²) < 4.78 is 38.8. The summed E-state index contributed by atoms with van der Waals surface area (Å²) in [4.78, 5) is 19.2. The van der Waals surface area contributed by atoms with Crippen molar-refractivity contribution in [2.45, 2.75) is 19.9 Å². The third-order valence-corrected chi connectivity index (χ3v) is 6.08. The number of nitrogens with zero attached hydrogens (tertiary/aromatic N) is 3. The third-order valence-electron chi connectivity index (χ3n) is 6.08. The van der Waals surface area contributed by atoms with Crippen LogP contribution in [0.15, 0.2) is 77.0 Å². The predicted molar refractivity (Wildman–Crippen MR) is 130 cm³/mol. The van der Waals surface area contributed by atoms with Crippen LogP contribution in [-0.2, 0) is 0 Å². The van der Waals surface area contributed by atoms with Gasteiger partial charge in [-0.15, -0.1) is 0 Å². The molecule has 0 spiro atoms. The minimum Gasteiger partial charge on any atom is -0.494 e. The Hall–Kier alpha value is -4.53. The number of amides is 2. The number of nitrogens with one attached hydrogen (secondary N) is 1. The highest BCUT2D eigenvalue weighted by Crippen LogP contribution is 2.39. The molecule has 36 heavy (non-hydrogen) atoms. The van der Waals surface area contributed by atoms with Crippen molar-refractivity contribution in [1.82, 2.24) is 15.5 Å². The zero-order valence-corrected chi connectivity index (χ0v) is 19.8. The van der Waals surface area contributed by atoms with E-state index in [1.54, 1.807) is 26.0 Å². The summed E-state index contributed by atoms with van der Waals surface area (Å²) in [5.74, 6) is -0.475. The Kier molecular flexibility index (Phi) is 5.97. The van der Waals surface area contributed by atoms with Crippen molar-refractivity contribution in [1.29, 1.82) is 0 Å². The Bertz CT molecular complexity index is 1480. The minimum atomic E-state index is -0.586. The summed E-state index contributed by atoms with van der Waals surface area (Å²) in [5, 5.41) is 7.05. The fraction of sp³-hybridized carbons (Fsp3) is 0.148. The molecule has 3 aromatic carbocycles. The molecule has 2 amide bonds. The average Bonchev–Trinajstić information content (AvgIpc) is 3.36. The largest absolute Gasteiger partial charge is 0.494 e. The monoisotopic (exact) mass is 488 g/mol. The van der Waals surface area contributed by atoms with Crippen molar-refractivity contribution in [3.8, 4) is 17.1 Å². The molecule has 1 aromatic heterocycles. The molecule has 7 nitrogen and oxygen atoms in total. The third kappa shape index (κ3) is 4.08. The van der Waals surface area contributed by atoms with E-state index in [9.17, 15) is 13.6 Å². The number of anilines is 1. The second kappa shape index (κ2) is 9.26. The second-order valence-corrected chi connectivity index (χ2v) is 8.33. The zero-order chi connectivity index (χ0) is 25.4. The van der Waals surface area contributed by atoms with Crippen LogP contribution in [-0.4, -0.2) is 23.3 Å². The Balaban J connectivity index is 1.64. The number of carbonyl (C=O) groups is 1. The van der Waals surface area contributed by atoms with Gasteiger partial charge in [0.15, 0.2) is 11.6 Å². The van der Waals surface area contributed by atoms with Crippen molar-refractivity contribution < 1.29 is 22.8 Å². The minimum absolute atomic E-state index is 0.102. The standard InChI is InChI=1S/C27H22F2N4O3/c1-15-13-19(10-11-20(15)28)33-16(2)23(24(30-27(33)34)17-7-5-4-6-8-17)26-31-25(32-36-26)18-9-12-22(35-3)21(29)14-18/h4-14,24H,1-3H3,(H,30,34). The molecule has 1 unspecified atom stereocenters. The van der Waals surface area contributed by atoms with Crippen LogP contribution >= 0.6 is 0 Å². The molecule has 1 atom stereocenters. The summed E-state index contributed by atoms with van der Waals surface area (Å²) in [6, 6.07) is 17.2. The number of hydrogen-bond donors (Lipinski definition) is 1. The van der Waals surface area contributed by atoms with Crippen LogP contribution in [0.5, 0.6) is 5.75 Å². The van der Waals surface area contributed by atoms with Crippen molar-refractivity contribution in [2.24, 2.45) is 0 Å². The molecule has 0 saturated carbocycles. The molecule has 5 rings (SSSR count). The highest BCUT2D eigenvalue weighted by Gasteiger charge is 2.36. The van der Waals surface area contributed by atoms with Crippen molar-refractivity contribution in [3.05, 3.63) is 101 Å². The van der Waals surface area contributed by atoms with E-state index in [0.717, 1.165) is 5.56 Å². The van der Waals surface area contributed by atoms with E-state index in [2.05, 4.69) is 15.5 Å². The van der Waals surface area contributed by atoms with Crippen LogP contribution in [0, 0.1) is 18.6 Å². The van der Waals surface area contributed by atoms with E-state index in [0.29, 0.717) is 28.1 Å². The molecule has 1 aliphatic rings. The summed E-state index contributed by atoms with van der Waals surface area (Å²) in [5.41, 5.74) is 3.21. The SMILES string of the molecule is COc1ccc(-c2noc(C3=C(C)N(c4ccc(F)c(C)c4)C(=O)NC3c3ccccc3)n2)cc1F. The van der Waals surface area contributed by atoms with E-state index in [1.807, 2.05) is 30.3 Å². The molecule has 0 saturated heterocycles. The molecule has 0 fully saturated rings. The molecule has 0 radical (unpaired) electrons. The number of halogens is 2. The van der Waals surface area contributed by atoms with Gasteiger partial charge in [-0.05, 0) is 61.4 Å². The first-order chi connectivity index (χ1) is 17.4. The van der Waals surface area contributed by atoms with Gasteiger partial charge in [0.2, 0.25) is 5.82 Å². The topological polar surface area (TPSA) is 80.5 Å². The van der Waals surface area contributed by atoms with E-state index < -0.39 is 11.9 Å². The fourth-order valence-electron chi connectivity index (χ4n) is 4.25. The molecule has 2 heterocycles. The number of allylic oxidation sites excluding steroid dienone is 1. The van der Waals surface area contributed by atoms with Gasteiger partial charge < -0.3 is 14.6 Å². The Labute approximate surface area is 206 Å². The Morgan fingerprint density at radius 2 is 1.78 bits per heavy atom. The first-order valence-corrected chi connectivity index (χ1v) is 11.2.